The van der Waals surface area contributed by atoms with Crippen molar-refractivity contribution < 1.29 is 13.5 Å². The van der Waals surface area contributed by atoms with Crippen LogP contribution in [0, 0.1) is 11.6 Å². The molecule has 0 aliphatic heterocycles. The second kappa shape index (κ2) is 5.70. The molecule has 0 unspecified atom stereocenters. The van der Waals surface area contributed by atoms with Gasteiger partial charge in [-0.05, 0) is 36.5 Å². The highest BCUT2D eigenvalue weighted by Crippen LogP contribution is 2.43. The first-order chi connectivity index (χ1) is 11.6. The fraction of sp³-hybridized carbons (Fsp3) is 0.222. The molecular weight excluding hydrogens is 312 g/mol. The first-order valence-corrected chi connectivity index (χ1v) is 7.72. The highest BCUT2D eigenvalue weighted by molar-refractivity contribution is 5.58. The SMILES string of the molecule is Cn1cc(-c2cc(Oc3ccc(C4CC4)c(F)c3F)ccn2)cn1. The van der Waals surface area contributed by atoms with E-state index in [0.717, 1.165) is 18.4 Å². The normalized spacial score (nSPS) is 14.0. The molecule has 1 aliphatic rings. The van der Waals surface area contributed by atoms with Crippen molar-refractivity contribution in [1.82, 2.24) is 14.8 Å². The number of pyridine rings is 1. The Bertz CT molecular complexity index is 903. The van der Waals surface area contributed by atoms with Crippen molar-refractivity contribution in [1.29, 1.82) is 0 Å². The minimum absolute atomic E-state index is 0.125. The Labute approximate surface area is 137 Å². The van der Waals surface area contributed by atoms with Crippen LogP contribution in [0.2, 0.25) is 0 Å². The molecule has 3 aromatic rings. The maximum absolute atomic E-state index is 14.2. The lowest BCUT2D eigenvalue weighted by atomic mass is 10.1. The Balaban J connectivity index is 1.63. The molecule has 0 amide bonds. The van der Waals surface area contributed by atoms with E-state index in [1.807, 2.05) is 13.2 Å². The fourth-order valence-electron chi connectivity index (χ4n) is 2.65. The number of aryl methyl sites for hydroxylation is 1. The van der Waals surface area contributed by atoms with Gasteiger partial charge in [-0.15, -0.1) is 0 Å². The quantitative estimate of drug-likeness (QED) is 0.712. The molecule has 1 aromatic carbocycles. The van der Waals surface area contributed by atoms with Gasteiger partial charge in [0.1, 0.15) is 5.75 Å². The predicted octanol–water partition coefficient (Wildman–Crippen LogP) is 4.43. The molecule has 0 spiro atoms. The van der Waals surface area contributed by atoms with Crippen LogP contribution in [0.25, 0.3) is 11.3 Å². The van der Waals surface area contributed by atoms with Crippen LogP contribution < -0.4 is 4.74 Å². The second-order valence-corrected chi connectivity index (χ2v) is 5.94. The summed E-state index contributed by atoms with van der Waals surface area (Å²) in [6, 6.07) is 6.36. The van der Waals surface area contributed by atoms with Crippen molar-refractivity contribution in [2.45, 2.75) is 18.8 Å². The van der Waals surface area contributed by atoms with Gasteiger partial charge in [0.25, 0.3) is 0 Å². The molecule has 24 heavy (non-hydrogen) atoms. The van der Waals surface area contributed by atoms with E-state index in [2.05, 4.69) is 10.1 Å². The lowest BCUT2D eigenvalue weighted by molar-refractivity contribution is 0.412. The third kappa shape index (κ3) is 2.75. The van der Waals surface area contributed by atoms with Crippen molar-refractivity contribution >= 4 is 0 Å². The van der Waals surface area contributed by atoms with Crippen molar-refractivity contribution in [3.05, 3.63) is 60.1 Å². The maximum atomic E-state index is 14.2. The monoisotopic (exact) mass is 327 g/mol. The molecule has 4 nitrogen and oxygen atoms in total. The summed E-state index contributed by atoms with van der Waals surface area (Å²) in [6.45, 7) is 0. The molecule has 2 aromatic heterocycles. The van der Waals surface area contributed by atoms with Gasteiger partial charge >= 0.3 is 0 Å². The summed E-state index contributed by atoms with van der Waals surface area (Å²) in [5.74, 6) is -1.34. The molecule has 0 bridgehead atoms. The number of hydrogen-bond acceptors (Lipinski definition) is 3. The van der Waals surface area contributed by atoms with Gasteiger partial charge in [-0.3, -0.25) is 9.67 Å². The zero-order valence-corrected chi connectivity index (χ0v) is 13.0. The molecule has 1 saturated carbocycles. The topological polar surface area (TPSA) is 39.9 Å². The van der Waals surface area contributed by atoms with Crippen molar-refractivity contribution in [2.75, 3.05) is 0 Å². The second-order valence-electron chi connectivity index (χ2n) is 5.94. The Morgan fingerprint density at radius 3 is 2.71 bits per heavy atom. The van der Waals surface area contributed by atoms with Gasteiger partial charge in [-0.1, -0.05) is 6.07 Å². The van der Waals surface area contributed by atoms with E-state index < -0.39 is 11.6 Å². The Morgan fingerprint density at radius 1 is 1.17 bits per heavy atom. The van der Waals surface area contributed by atoms with Crippen molar-refractivity contribution in [2.24, 2.45) is 7.05 Å². The van der Waals surface area contributed by atoms with Gasteiger partial charge in [-0.2, -0.15) is 9.49 Å². The van der Waals surface area contributed by atoms with Crippen molar-refractivity contribution in [3.8, 4) is 22.8 Å². The largest absolute Gasteiger partial charge is 0.454 e. The van der Waals surface area contributed by atoms with E-state index in [0.29, 0.717) is 17.0 Å². The molecule has 0 atom stereocenters. The number of aromatic nitrogens is 3. The van der Waals surface area contributed by atoms with Gasteiger partial charge in [0.05, 0.1) is 11.9 Å². The molecular formula is C18H15F2N3O. The Hall–Kier alpha value is -2.76. The summed E-state index contributed by atoms with van der Waals surface area (Å²) >= 11 is 0. The van der Waals surface area contributed by atoms with Gasteiger partial charge in [0.15, 0.2) is 11.6 Å². The summed E-state index contributed by atoms with van der Waals surface area (Å²) in [7, 11) is 1.81. The zero-order chi connectivity index (χ0) is 16.7. The van der Waals surface area contributed by atoms with E-state index in [-0.39, 0.29) is 11.7 Å². The maximum Gasteiger partial charge on any atom is 0.201 e. The number of halogens is 2. The fourth-order valence-corrected chi connectivity index (χ4v) is 2.65. The number of nitrogens with zero attached hydrogens (tertiary/aromatic N) is 3. The van der Waals surface area contributed by atoms with Crippen LogP contribution in [-0.4, -0.2) is 14.8 Å². The first kappa shape index (κ1) is 14.8. The third-order valence-corrected chi connectivity index (χ3v) is 4.05. The highest BCUT2D eigenvalue weighted by Gasteiger charge is 2.29. The average molecular weight is 327 g/mol. The summed E-state index contributed by atoms with van der Waals surface area (Å²) in [6.07, 6.45) is 6.88. The standard InChI is InChI=1S/C18H15F2N3O/c1-23-10-12(9-22-23)15-8-13(6-7-21-15)24-16-5-4-14(11-2-3-11)17(19)18(16)20/h4-11H,2-3H2,1H3. The smallest absolute Gasteiger partial charge is 0.201 e. The van der Waals surface area contributed by atoms with Crippen LogP contribution in [0.4, 0.5) is 8.78 Å². The summed E-state index contributed by atoms with van der Waals surface area (Å²) in [5, 5.41) is 4.09. The number of hydrogen-bond donors (Lipinski definition) is 0. The minimum atomic E-state index is -0.945. The Morgan fingerprint density at radius 2 is 2.00 bits per heavy atom. The molecule has 0 saturated heterocycles. The lowest BCUT2D eigenvalue weighted by Gasteiger charge is -2.10. The van der Waals surface area contributed by atoms with Crippen LogP contribution in [0.1, 0.15) is 24.3 Å². The molecule has 1 aliphatic carbocycles. The van der Waals surface area contributed by atoms with Gasteiger partial charge < -0.3 is 4.74 Å². The van der Waals surface area contributed by atoms with Crippen LogP contribution in [0.3, 0.4) is 0 Å². The summed E-state index contributed by atoms with van der Waals surface area (Å²) in [4.78, 5) is 4.25. The molecule has 1 fully saturated rings. The molecule has 122 valence electrons. The molecule has 0 N–H and O–H groups in total. The lowest BCUT2D eigenvalue weighted by Crippen LogP contribution is -1.97. The molecule has 2 heterocycles. The Kier molecular flexibility index (Phi) is 3.52. The van der Waals surface area contributed by atoms with E-state index in [1.165, 1.54) is 6.07 Å². The summed E-state index contributed by atoms with van der Waals surface area (Å²) in [5.41, 5.74) is 1.90. The van der Waals surface area contributed by atoms with E-state index in [4.69, 9.17) is 4.74 Å². The van der Waals surface area contributed by atoms with Crippen molar-refractivity contribution in [3.63, 3.8) is 0 Å². The first-order valence-electron chi connectivity index (χ1n) is 7.72. The van der Waals surface area contributed by atoms with Crippen LogP contribution in [0.15, 0.2) is 42.9 Å². The van der Waals surface area contributed by atoms with Gasteiger partial charge in [0.2, 0.25) is 5.82 Å². The van der Waals surface area contributed by atoms with Crippen LogP contribution in [0.5, 0.6) is 11.5 Å². The van der Waals surface area contributed by atoms with E-state index in [9.17, 15) is 8.78 Å². The molecule has 0 radical (unpaired) electrons. The third-order valence-electron chi connectivity index (χ3n) is 4.05. The number of rotatable bonds is 4. The van der Waals surface area contributed by atoms with E-state index in [1.54, 1.807) is 35.3 Å². The molecule has 6 heteroatoms. The average Bonchev–Trinajstić information content (AvgIpc) is 3.33. The van der Waals surface area contributed by atoms with Gasteiger partial charge in [-0.25, -0.2) is 4.39 Å². The van der Waals surface area contributed by atoms with Gasteiger partial charge in [0, 0.05) is 31.1 Å². The minimum Gasteiger partial charge on any atom is -0.454 e. The zero-order valence-electron chi connectivity index (χ0n) is 13.0. The highest BCUT2D eigenvalue weighted by atomic mass is 19.2. The predicted molar refractivity (Wildman–Crippen MR) is 84.8 cm³/mol. The molecule has 4 rings (SSSR count). The van der Waals surface area contributed by atoms with Crippen LogP contribution >= 0.6 is 0 Å². The van der Waals surface area contributed by atoms with E-state index >= 15 is 0 Å². The number of ether oxygens (including phenoxy) is 1. The van der Waals surface area contributed by atoms with Crippen LogP contribution in [-0.2, 0) is 7.05 Å². The summed E-state index contributed by atoms with van der Waals surface area (Å²) < 4.78 is 35.6. The number of benzene rings is 1.